The zero-order valence-electron chi connectivity index (χ0n) is 10.8. The van der Waals surface area contributed by atoms with Crippen LogP contribution in [0.1, 0.15) is 36.1 Å². The Hall–Kier alpha value is -1.67. The van der Waals surface area contributed by atoms with Crippen molar-refractivity contribution in [2.75, 3.05) is 0 Å². The van der Waals surface area contributed by atoms with Crippen LogP contribution in [0.3, 0.4) is 0 Å². The number of hydrogen-bond donors (Lipinski definition) is 1. The molecule has 2 N–H and O–H groups in total. The van der Waals surface area contributed by atoms with E-state index in [1.807, 2.05) is 24.5 Å². The number of nitrogens with two attached hydrogens (primary N) is 1. The maximum absolute atomic E-state index is 6.22. The third-order valence-electron chi connectivity index (χ3n) is 3.31. The molecule has 0 radical (unpaired) electrons. The van der Waals surface area contributed by atoms with E-state index in [1.165, 1.54) is 16.7 Å². The number of benzene rings is 1. The zero-order chi connectivity index (χ0) is 12.8. The summed E-state index contributed by atoms with van der Waals surface area (Å²) in [5.41, 5.74) is 10.1. The van der Waals surface area contributed by atoms with Crippen molar-refractivity contribution < 1.29 is 0 Å². The predicted octanol–water partition coefficient (Wildman–Crippen LogP) is 3.28. The van der Waals surface area contributed by atoms with E-state index in [0.717, 1.165) is 19.3 Å². The van der Waals surface area contributed by atoms with Crippen molar-refractivity contribution in [3.8, 4) is 0 Å². The molecule has 0 saturated carbocycles. The molecule has 1 aromatic carbocycles. The van der Waals surface area contributed by atoms with E-state index in [1.54, 1.807) is 0 Å². The summed E-state index contributed by atoms with van der Waals surface area (Å²) < 4.78 is 0. The molecule has 94 valence electrons. The predicted molar refractivity (Wildman–Crippen MR) is 75.3 cm³/mol. The van der Waals surface area contributed by atoms with Crippen molar-refractivity contribution in [3.63, 3.8) is 0 Å². The molecule has 0 fully saturated rings. The van der Waals surface area contributed by atoms with Crippen LogP contribution in [0.2, 0.25) is 0 Å². The van der Waals surface area contributed by atoms with Crippen molar-refractivity contribution in [1.29, 1.82) is 0 Å². The van der Waals surface area contributed by atoms with Crippen LogP contribution in [-0.2, 0) is 12.8 Å². The summed E-state index contributed by atoms with van der Waals surface area (Å²) in [5.74, 6) is 0. The molecule has 1 heterocycles. The highest BCUT2D eigenvalue weighted by Gasteiger charge is 2.06. The van der Waals surface area contributed by atoms with Crippen molar-refractivity contribution in [3.05, 3.63) is 65.5 Å². The molecule has 0 saturated heterocycles. The number of hydrogen-bond acceptors (Lipinski definition) is 2. The van der Waals surface area contributed by atoms with Gasteiger partial charge >= 0.3 is 0 Å². The van der Waals surface area contributed by atoms with E-state index in [0.29, 0.717) is 0 Å². The molecule has 2 rings (SSSR count). The summed E-state index contributed by atoms with van der Waals surface area (Å²) in [4.78, 5) is 4.02. The van der Waals surface area contributed by atoms with Crippen LogP contribution in [0, 0.1) is 0 Å². The van der Waals surface area contributed by atoms with E-state index < -0.39 is 0 Å². The lowest BCUT2D eigenvalue weighted by atomic mass is 9.99. The average molecular weight is 240 g/mol. The lowest BCUT2D eigenvalue weighted by Crippen LogP contribution is -2.11. The molecule has 0 aliphatic carbocycles. The van der Waals surface area contributed by atoms with E-state index >= 15 is 0 Å². The minimum atomic E-state index is 0.115. The third kappa shape index (κ3) is 3.41. The fraction of sp³-hybridized carbons (Fsp3) is 0.312. The van der Waals surface area contributed by atoms with Crippen LogP contribution in [-0.4, -0.2) is 4.98 Å². The Bertz CT molecular complexity index is 462. The Kier molecular flexibility index (Phi) is 4.48. The highest BCUT2D eigenvalue weighted by molar-refractivity contribution is 5.25. The maximum Gasteiger partial charge on any atom is 0.0298 e. The topological polar surface area (TPSA) is 38.9 Å². The first-order valence-electron chi connectivity index (χ1n) is 6.53. The summed E-state index contributed by atoms with van der Waals surface area (Å²) in [6.45, 7) is 2.17. The van der Waals surface area contributed by atoms with E-state index in [2.05, 4.69) is 36.2 Å². The Balaban J connectivity index is 1.93. The summed E-state index contributed by atoms with van der Waals surface area (Å²) in [6.07, 6.45) is 6.70. The largest absolute Gasteiger partial charge is 0.324 e. The molecular formula is C16H20N2. The molecule has 2 nitrogen and oxygen atoms in total. The Labute approximate surface area is 109 Å². The van der Waals surface area contributed by atoms with Gasteiger partial charge in [0.2, 0.25) is 0 Å². The second kappa shape index (κ2) is 6.31. The third-order valence-corrected chi connectivity index (χ3v) is 3.31. The van der Waals surface area contributed by atoms with Gasteiger partial charge in [-0.25, -0.2) is 0 Å². The molecule has 1 aromatic heterocycles. The molecule has 0 amide bonds. The summed E-state index contributed by atoms with van der Waals surface area (Å²) in [7, 11) is 0. The SMILES string of the molecule is CCc1ccc(C(N)CCc2ccncc2)cc1. The molecule has 2 heteroatoms. The lowest BCUT2D eigenvalue weighted by Gasteiger charge is -2.12. The van der Waals surface area contributed by atoms with Gasteiger partial charge in [0, 0.05) is 18.4 Å². The van der Waals surface area contributed by atoms with Crippen molar-refractivity contribution in [2.45, 2.75) is 32.2 Å². The van der Waals surface area contributed by atoms with Gasteiger partial charge in [-0.05, 0) is 48.1 Å². The van der Waals surface area contributed by atoms with Gasteiger partial charge in [0.25, 0.3) is 0 Å². The molecule has 1 atom stereocenters. The smallest absolute Gasteiger partial charge is 0.0298 e. The number of pyridine rings is 1. The first-order chi connectivity index (χ1) is 8.79. The molecule has 0 spiro atoms. The molecular weight excluding hydrogens is 220 g/mol. The molecule has 18 heavy (non-hydrogen) atoms. The number of rotatable bonds is 5. The number of aryl methyl sites for hydroxylation is 2. The van der Waals surface area contributed by atoms with E-state index in [-0.39, 0.29) is 6.04 Å². The van der Waals surface area contributed by atoms with Gasteiger partial charge in [0.05, 0.1) is 0 Å². The van der Waals surface area contributed by atoms with Crippen LogP contribution in [0.25, 0.3) is 0 Å². The molecule has 0 aliphatic heterocycles. The molecule has 1 unspecified atom stereocenters. The van der Waals surface area contributed by atoms with Gasteiger partial charge in [-0.2, -0.15) is 0 Å². The van der Waals surface area contributed by atoms with E-state index in [9.17, 15) is 0 Å². The Morgan fingerprint density at radius 3 is 2.28 bits per heavy atom. The van der Waals surface area contributed by atoms with Gasteiger partial charge in [-0.3, -0.25) is 4.98 Å². The van der Waals surface area contributed by atoms with Gasteiger partial charge in [-0.1, -0.05) is 31.2 Å². The quantitative estimate of drug-likeness (QED) is 0.871. The second-order valence-electron chi connectivity index (χ2n) is 4.60. The van der Waals surface area contributed by atoms with Crippen LogP contribution >= 0.6 is 0 Å². The highest BCUT2D eigenvalue weighted by atomic mass is 14.6. The normalized spacial score (nSPS) is 12.3. The molecule has 0 bridgehead atoms. The Morgan fingerprint density at radius 1 is 1.00 bits per heavy atom. The van der Waals surface area contributed by atoms with Crippen molar-refractivity contribution in [2.24, 2.45) is 5.73 Å². The summed E-state index contributed by atoms with van der Waals surface area (Å²) >= 11 is 0. The van der Waals surface area contributed by atoms with Crippen LogP contribution in [0.4, 0.5) is 0 Å². The fourth-order valence-corrected chi connectivity index (χ4v) is 2.04. The average Bonchev–Trinajstić information content (AvgIpc) is 2.46. The highest BCUT2D eigenvalue weighted by Crippen LogP contribution is 2.17. The molecule has 0 aliphatic rings. The minimum Gasteiger partial charge on any atom is -0.324 e. The first kappa shape index (κ1) is 12.8. The maximum atomic E-state index is 6.22. The number of aromatic nitrogens is 1. The fourth-order valence-electron chi connectivity index (χ4n) is 2.04. The molecule has 2 aromatic rings. The van der Waals surface area contributed by atoms with Crippen molar-refractivity contribution in [1.82, 2.24) is 4.98 Å². The Morgan fingerprint density at radius 2 is 1.67 bits per heavy atom. The van der Waals surface area contributed by atoms with E-state index in [4.69, 9.17) is 5.73 Å². The van der Waals surface area contributed by atoms with Crippen LogP contribution in [0.5, 0.6) is 0 Å². The van der Waals surface area contributed by atoms with Gasteiger partial charge in [0.1, 0.15) is 0 Å². The zero-order valence-corrected chi connectivity index (χ0v) is 10.8. The standard InChI is InChI=1S/C16H20N2/c1-2-13-3-6-15(7-4-13)16(17)8-5-14-9-11-18-12-10-14/h3-4,6-7,9-12,16H,2,5,8,17H2,1H3. The monoisotopic (exact) mass is 240 g/mol. The first-order valence-corrected chi connectivity index (χ1v) is 6.53. The van der Waals surface area contributed by atoms with Crippen molar-refractivity contribution >= 4 is 0 Å². The summed E-state index contributed by atoms with van der Waals surface area (Å²) in [5, 5.41) is 0. The summed E-state index contributed by atoms with van der Waals surface area (Å²) in [6, 6.07) is 12.8. The van der Waals surface area contributed by atoms with Crippen LogP contribution in [0.15, 0.2) is 48.8 Å². The van der Waals surface area contributed by atoms with Gasteiger partial charge in [0.15, 0.2) is 0 Å². The minimum absolute atomic E-state index is 0.115. The number of nitrogens with zero attached hydrogens (tertiary/aromatic N) is 1. The van der Waals surface area contributed by atoms with Gasteiger partial charge in [-0.15, -0.1) is 0 Å². The lowest BCUT2D eigenvalue weighted by molar-refractivity contribution is 0.651. The van der Waals surface area contributed by atoms with Crippen LogP contribution < -0.4 is 5.73 Å². The van der Waals surface area contributed by atoms with Gasteiger partial charge < -0.3 is 5.73 Å². The second-order valence-corrected chi connectivity index (χ2v) is 4.60.